The van der Waals surface area contributed by atoms with Gasteiger partial charge in [-0.2, -0.15) is 0 Å². The second kappa shape index (κ2) is 9.27. The van der Waals surface area contributed by atoms with Gasteiger partial charge in [0.2, 0.25) is 0 Å². The molecule has 1 saturated heterocycles. The highest BCUT2D eigenvalue weighted by Crippen LogP contribution is 2.22. The first-order chi connectivity index (χ1) is 13.5. The summed E-state index contributed by atoms with van der Waals surface area (Å²) in [5.41, 5.74) is 1.80. The molecule has 2 aromatic carbocycles. The first-order valence-electron chi connectivity index (χ1n) is 8.66. The van der Waals surface area contributed by atoms with E-state index in [1.165, 1.54) is 0 Å². The van der Waals surface area contributed by atoms with E-state index in [1.54, 1.807) is 47.4 Å². The lowest BCUT2D eigenvalue weighted by molar-refractivity contribution is -0.139. The molecule has 1 fully saturated rings. The lowest BCUT2D eigenvalue weighted by Gasteiger charge is -2.26. The molecular formula is C21H18ClNO5. The maximum Gasteiger partial charge on any atom is 0.341 e. The summed E-state index contributed by atoms with van der Waals surface area (Å²) < 4.78 is 10.5. The van der Waals surface area contributed by atoms with Gasteiger partial charge in [-0.05, 0) is 42.5 Å². The van der Waals surface area contributed by atoms with Crippen molar-refractivity contribution >= 4 is 23.5 Å². The van der Waals surface area contributed by atoms with Gasteiger partial charge in [-0.15, -0.1) is 0 Å². The summed E-state index contributed by atoms with van der Waals surface area (Å²) in [5, 5.41) is 9.24. The van der Waals surface area contributed by atoms with Crippen molar-refractivity contribution in [2.45, 2.75) is 0 Å². The summed E-state index contributed by atoms with van der Waals surface area (Å²) in [4.78, 5) is 24.9. The number of hydrogen-bond acceptors (Lipinski definition) is 4. The third-order valence-corrected chi connectivity index (χ3v) is 4.30. The highest BCUT2D eigenvalue weighted by Gasteiger charge is 2.18. The van der Waals surface area contributed by atoms with E-state index in [0.29, 0.717) is 53.8 Å². The summed E-state index contributed by atoms with van der Waals surface area (Å²) >= 11 is 6.00. The van der Waals surface area contributed by atoms with Crippen LogP contribution in [0.1, 0.15) is 21.5 Å². The van der Waals surface area contributed by atoms with Crippen molar-refractivity contribution in [2.24, 2.45) is 0 Å². The minimum absolute atomic E-state index is 0.0259. The van der Waals surface area contributed by atoms with Gasteiger partial charge < -0.3 is 19.5 Å². The molecular weight excluding hydrogens is 382 g/mol. The molecule has 0 radical (unpaired) electrons. The van der Waals surface area contributed by atoms with Gasteiger partial charge in [0.15, 0.2) is 6.61 Å². The number of rotatable bonds is 4. The number of carboxylic acid groups (broad SMARTS) is 1. The SMILES string of the molecule is O=C(O)COc1ccc(Cl)cc1C#Cc1ccc(C(=O)N2CCOCC2)cc1. The Morgan fingerprint density at radius 1 is 1.11 bits per heavy atom. The summed E-state index contributed by atoms with van der Waals surface area (Å²) in [6.07, 6.45) is 0. The third kappa shape index (κ3) is 5.26. The van der Waals surface area contributed by atoms with Crippen LogP contribution in [-0.4, -0.2) is 54.8 Å². The number of carbonyl (C=O) groups is 2. The molecule has 0 spiro atoms. The van der Waals surface area contributed by atoms with Crippen LogP contribution in [0.15, 0.2) is 42.5 Å². The zero-order valence-electron chi connectivity index (χ0n) is 15.0. The lowest BCUT2D eigenvalue weighted by Crippen LogP contribution is -2.40. The highest BCUT2D eigenvalue weighted by molar-refractivity contribution is 6.30. The molecule has 0 unspecified atom stereocenters. The Hall–Kier alpha value is -3.01. The summed E-state index contributed by atoms with van der Waals surface area (Å²) in [6.45, 7) is 1.83. The largest absolute Gasteiger partial charge is 0.481 e. The smallest absolute Gasteiger partial charge is 0.341 e. The van der Waals surface area contributed by atoms with E-state index in [-0.39, 0.29) is 5.91 Å². The summed E-state index contributed by atoms with van der Waals surface area (Å²) in [7, 11) is 0. The number of morpholine rings is 1. The lowest BCUT2D eigenvalue weighted by atomic mass is 10.1. The summed E-state index contributed by atoms with van der Waals surface area (Å²) in [6, 6.07) is 11.8. The fourth-order valence-electron chi connectivity index (χ4n) is 2.65. The summed E-state index contributed by atoms with van der Waals surface area (Å²) in [5.74, 6) is 5.17. The number of amides is 1. The Balaban J connectivity index is 1.74. The highest BCUT2D eigenvalue weighted by atomic mass is 35.5. The second-order valence-electron chi connectivity index (χ2n) is 6.05. The molecule has 0 aliphatic carbocycles. The molecule has 3 rings (SSSR count). The van der Waals surface area contributed by atoms with Gasteiger partial charge in [-0.3, -0.25) is 4.79 Å². The predicted octanol–water partition coefficient (Wildman–Crippen LogP) is 2.68. The number of halogens is 1. The van der Waals surface area contributed by atoms with E-state index < -0.39 is 12.6 Å². The number of ether oxygens (including phenoxy) is 2. The standard InChI is InChI=1S/C21H18ClNO5/c22-18-7-8-19(28-14-20(24)25)17(13-18)6-3-15-1-4-16(5-2-15)21(26)23-9-11-27-12-10-23/h1-2,4-5,7-8,13H,9-12,14H2,(H,24,25). The first-order valence-corrected chi connectivity index (χ1v) is 9.04. The van der Waals surface area contributed by atoms with Crippen molar-refractivity contribution in [1.29, 1.82) is 0 Å². The van der Waals surface area contributed by atoms with Crippen molar-refractivity contribution < 1.29 is 24.2 Å². The zero-order valence-corrected chi connectivity index (χ0v) is 15.7. The molecule has 1 aliphatic rings. The average molecular weight is 400 g/mol. The van der Waals surface area contributed by atoms with Gasteiger partial charge in [-0.1, -0.05) is 23.4 Å². The van der Waals surface area contributed by atoms with Crippen molar-refractivity contribution in [2.75, 3.05) is 32.9 Å². The van der Waals surface area contributed by atoms with Crippen molar-refractivity contribution in [1.82, 2.24) is 4.90 Å². The molecule has 28 heavy (non-hydrogen) atoms. The van der Waals surface area contributed by atoms with Crippen LogP contribution in [0.4, 0.5) is 0 Å². The van der Waals surface area contributed by atoms with Gasteiger partial charge in [-0.25, -0.2) is 4.79 Å². The Kier molecular flexibility index (Phi) is 6.53. The number of nitrogens with zero attached hydrogens (tertiary/aromatic N) is 1. The molecule has 0 bridgehead atoms. The number of carbonyl (C=O) groups excluding carboxylic acids is 1. The van der Waals surface area contributed by atoms with E-state index in [2.05, 4.69) is 11.8 Å². The Morgan fingerprint density at radius 3 is 2.50 bits per heavy atom. The Bertz CT molecular complexity index is 924. The van der Waals surface area contributed by atoms with Gasteiger partial charge in [0.1, 0.15) is 5.75 Å². The minimum Gasteiger partial charge on any atom is -0.481 e. The molecule has 1 amide bonds. The predicted molar refractivity (Wildman–Crippen MR) is 104 cm³/mol. The first kappa shape index (κ1) is 19.7. The number of hydrogen-bond donors (Lipinski definition) is 1. The van der Waals surface area contributed by atoms with E-state index >= 15 is 0 Å². The number of carboxylic acids is 1. The fraction of sp³-hybridized carbons (Fsp3) is 0.238. The molecule has 1 heterocycles. The molecule has 0 atom stereocenters. The molecule has 144 valence electrons. The van der Waals surface area contributed by atoms with Gasteiger partial charge in [0.05, 0.1) is 18.8 Å². The van der Waals surface area contributed by atoms with E-state index in [1.807, 2.05) is 0 Å². The van der Waals surface area contributed by atoms with Gasteiger partial charge in [0.25, 0.3) is 5.91 Å². The molecule has 0 aromatic heterocycles. The monoisotopic (exact) mass is 399 g/mol. The number of benzene rings is 2. The molecule has 2 aromatic rings. The topological polar surface area (TPSA) is 76.1 Å². The van der Waals surface area contributed by atoms with Crippen LogP contribution >= 0.6 is 11.6 Å². The molecule has 1 N–H and O–H groups in total. The van der Waals surface area contributed by atoms with Crippen LogP contribution < -0.4 is 4.74 Å². The Morgan fingerprint density at radius 2 is 1.82 bits per heavy atom. The van der Waals surface area contributed by atoms with E-state index in [9.17, 15) is 9.59 Å². The fourth-order valence-corrected chi connectivity index (χ4v) is 2.82. The van der Waals surface area contributed by atoms with Crippen LogP contribution in [0.2, 0.25) is 5.02 Å². The van der Waals surface area contributed by atoms with Crippen LogP contribution in [0, 0.1) is 11.8 Å². The van der Waals surface area contributed by atoms with Crippen LogP contribution in [-0.2, 0) is 9.53 Å². The van der Waals surface area contributed by atoms with Crippen LogP contribution in [0.3, 0.4) is 0 Å². The van der Waals surface area contributed by atoms with Crippen LogP contribution in [0.25, 0.3) is 0 Å². The third-order valence-electron chi connectivity index (χ3n) is 4.06. The normalized spacial score (nSPS) is 13.4. The second-order valence-corrected chi connectivity index (χ2v) is 6.49. The molecule has 6 nitrogen and oxygen atoms in total. The maximum absolute atomic E-state index is 12.5. The number of aliphatic carboxylic acids is 1. The van der Waals surface area contributed by atoms with E-state index in [0.717, 1.165) is 0 Å². The molecule has 1 aliphatic heterocycles. The van der Waals surface area contributed by atoms with Crippen molar-refractivity contribution in [3.63, 3.8) is 0 Å². The minimum atomic E-state index is -1.07. The molecule has 0 saturated carbocycles. The van der Waals surface area contributed by atoms with Gasteiger partial charge >= 0.3 is 5.97 Å². The molecule has 7 heteroatoms. The van der Waals surface area contributed by atoms with Crippen molar-refractivity contribution in [3.8, 4) is 17.6 Å². The zero-order chi connectivity index (χ0) is 19.9. The van der Waals surface area contributed by atoms with Gasteiger partial charge in [0, 0.05) is 29.2 Å². The average Bonchev–Trinajstić information content (AvgIpc) is 2.72. The Labute approximate surface area is 167 Å². The maximum atomic E-state index is 12.5. The van der Waals surface area contributed by atoms with Crippen LogP contribution in [0.5, 0.6) is 5.75 Å². The van der Waals surface area contributed by atoms with E-state index in [4.69, 9.17) is 26.2 Å². The van der Waals surface area contributed by atoms with Crippen molar-refractivity contribution in [3.05, 3.63) is 64.2 Å². The quantitative estimate of drug-likeness (QED) is 0.800.